The van der Waals surface area contributed by atoms with Crippen LogP contribution in [0.3, 0.4) is 0 Å². The highest BCUT2D eigenvalue weighted by atomic mass is 79.9. The van der Waals surface area contributed by atoms with Gasteiger partial charge in [-0.2, -0.15) is 0 Å². The van der Waals surface area contributed by atoms with Crippen LogP contribution < -0.4 is 14.8 Å². The van der Waals surface area contributed by atoms with Gasteiger partial charge in [0.1, 0.15) is 0 Å². The molecule has 8 heteroatoms. The van der Waals surface area contributed by atoms with E-state index in [1.54, 1.807) is 14.2 Å². The van der Waals surface area contributed by atoms with Gasteiger partial charge < -0.3 is 14.8 Å². The van der Waals surface area contributed by atoms with E-state index in [1.165, 1.54) is 11.3 Å². The number of anilines is 1. The first-order valence-electron chi connectivity index (χ1n) is 6.83. The van der Waals surface area contributed by atoms with Crippen molar-refractivity contribution in [2.24, 2.45) is 0 Å². The fourth-order valence-corrected chi connectivity index (χ4v) is 3.57. The van der Waals surface area contributed by atoms with Crippen molar-refractivity contribution in [1.29, 1.82) is 0 Å². The molecule has 2 rings (SSSR count). The number of rotatable bonds is 7. The van der Waals surface area contributed by atoms with Gasteiger partial charge in [0.05, 0.1) is 23.7 Å². The zero-order valence-corrected chi connectivity index (χ0v) is 15.8. The van der Waals surface area contributed by atoms with E-state index in [9.17, 15) is 4.79 Å². The maximum absolute atomic E-state index is 11.8. The van der Waals surface area contributed by atoms with Crippen molar-refractivity contribution in [2.45, 2.75) is 12.8 Å². The lowest BCUT2D eigenvalue weighted by Gasteiger charge is -2.08. The Morgan fingerprint density at radius 1 is 1.35 bits per heavy atom. The van der Waals surface area contributed by atoms with Crippen LogP contribution in [0.1, 0.15) is 12.8 Å². The van der Waals surface area contributed by atoms with Crippen molar-refractivity contribution in [3.05, 3.63) is 22.0 Å². The van der Waals surface area contributed by atoms with Crippen molar-refractivity contribution in [3.8, 4) is 22.8 Å². The first kappa shape index (κ1) is 18.0. The van der Waals surface area contributed by atoms with Crippen LogP contribution in [-0.2, 0) is 4.79 Å². The van der Waals surface area contributed by atoms with E-state index >= 15 is 0 Å². The molecule has 0 atom stereocenters. The highest BCUT2D eigenvalue weighted by Crippen LogP contribution is 2.39. The van der Waals surface area contributed by atoms with Crippen LogP contribution in [0, 0.1) is 0 Å². The van der Waals surface area contributed by atoms with Gasteiger partial charge in [0.15, 0.2) is 16.6 Å². The third-order valence-electron chi connectivity index (χ3n) is 3.03. The molecule has 5 nitrogen and oxygen atoms in total. The summed E-state index contributed by atoms with van der Waals surface area (Å²) in [5.41, 5.74) is 1.61. The standard InChI is InChI=1S/C15H16BrClN2O3S/c1-21-10-6-5-9(8-11(10)22-2)13-14(16)23-15(19-13)18-12(20)4-3-7-17/h5-6,8H,3-4,7H2,1-2H3,(H,18,19,20). The Hall–Kier alpha value is -1.31. The molecule has 0 unspecified atom stereocenters. The van der Waals surface area contributed by atoms with E-state index in [2.05, 4.69) is 26.2 Å². The van der Waals surface area contributed by atoms with Crippen LogP contribution in [0.15, 0.2) is 22.0 Å². The van der Waals surface area contributed by atoms with Gasteiger partial charge in [-0.25, -0.2) is 4.98 Å². The predicted molar refractivity (Wildman–Crippen MR) is 96.9 cm³/mol. The molecule has 1 aromatic carbocycles. The Bertz CT molecular complexity index is 693. The van der Waals surface area contributed by atoms with Gasteiger partial charge in [-0.1, -0.05) is 11.3 Å². The first-order chi connectivity index (χ1) is 11.1. The Kier molecular flexibility index (Phi) is 6.68. The summed E-state index contributed by atoms with van der Waals surface area (Å²) in [6.45, 7) is 0. The van der Waals surface area contributed by atoms with Crippen molar-refractivity contribution >= 4 is 49.9 Å². The third-order valence-corrected chi connectivity index (χ3v) is 4.91. The second-order valence-corrected chi connectivity index (χ2v) is 7.25. The Labute approximate surface area is 152 Å². The number of ether oxygens (including phenoxy) is 2. The topological polar surface area (TPSA) is 60.5 Å². The Morgan fingerprint density at radius 2 is 2.09 bits per heavy atom. The van der Waals surface area contributed by atoms with Gasteiger partial charge in [0.25, 0.3) is 0 Å². The van der Waals surface area contributed by atoms with Crippen molar-refractivity contribution in [3.63, 3.8) is 0 Å². The molecule has 124 valence electrons. The average molecular weight is 420 g/mol. The highest BCUT2D eigenvalue weighted by molar-refractivity contribution is 9.11. The van der Waals surface area contributed by atoms with E-state index in [0.717, 1.165) is 15.0 Å². The van der Waals surface area contributed by atoms with Crippen LogP contribution >= 0.6 is 38.9 Å². The maximum atomic E-state index is 11.8. The minimum absolute atomic E-state index is 0.0919. The molecule has 0 radical (unpaired) electrons. The lowest BCUT2D eigenvalue weighted by molar-refractivity contribution is -0.116. The van der Waals surface area contributed by atoms with E-state index in [0.29, 0.717) is 35.4 Å². The predicted octanol–water partition coefficient (Wildman–Crippen LogP) is 4.55. The summed E-state index contributed by atoms with van der Waals surface area (Å²) >= 11 is 10.4. The van der Waals surface area contributed by atoms with E-state index < -0.39 is 0 Å². The zero-order chi connectivity index (χ0) is 16.8. The quantitative estimate of drug-likeness (QED) is 0.669. The van der Waals surface area contributed by atoms with Crippen LogP contribution in [0.4, 0.5) is 5.13 Å². The molecule has 0 aliphatic rings. The number of carbonyl (C=O) groups excluding carboxylic acids is 1. The molecule has 1 amide bonds. The zero-order valence-electron chi connectivity index (χ0n) is 12.7. The fourth-order valence-electron chi connectivity index (χ4n) is 1.93. The third kappa shape index (κ3) is 4.59. The molecule has 0 saturated carbocycles. The highest BCUT2D eigenvalue weighted by Gasteiger charge is 2.15. The SMILES string of the molecule is COc1ccc(-c2nc(NC(=O)CCCCl)sc2Br)cc1OC. The fraction of sp³-hybridized carbons (Fsp3) is 0.333. The summed E-state index contributed by atoms with van der Waals surface area (Å²) < 4.78 is 11.4. The number of hydrogen-bond donors (Lipinski definition) is 1. The number of nitrogens with zero attached hydrogens (tertiary/aromatic N) is 1. The Balaban J connectivity index is 2.22. The number of alkyl halides is 1. The van der Waals surface area contributed by atoms with Crippen molar-refractivity contribution in [1.82, 2.24) is 4.98 Å². The number of hydrogen-bond acceptors (Lipinski definition) is 5. The number of aromatic nitrogens is 1. The molecule has 0 fully saturated rings. The largest absolute Gasteiger partial charge is 0.493 e. The molecular formula is C15H16BrClN2O3S. The smallest absolute Gasteiger partial charge is 0.226 e. The molecule has 23 heavy (non-hydrogen) atoms. The van der Waals surface area contributed by atoms with E-state index in [4.69, 9.17) is 21.1 Å². The summed E-state index contributed by atoms with van der Waals surface area (Å²) in [5, 5.41) is 3.33. The minimum atomic E-state index is -0.0919. The number of nitrogens with one attached hydrogen (secondary N) is 1. The Morgan fingerprint density at radius 3 is 2.74 bits per heavy atom. The lowest BCUT2D eigenvalue weighted by atomic mass is 10.1. The maximum Gasteiger partial charge on any atom is 0.226 e. The summed E-state index contributed by atoms with van der Waals surface area (Å²) in [6, 6.07) is 5.55. The van der Waals surface area contributed by atoms with Gasteiger partial charge >= 0.3 is 0 Å². The van der Waals surface area contributed by atoms with Gasteiger partial charge in [-0.3, -0.25) is 4.79 Å². The molecule has 0 spiro atoms. The molecular weight excluding hydrogens is 404 g/mol. The van der Waals surface area contributed by atoms with Gasteiger partial charge in [-0.05, 0) is 40.5 Å². The van der Waals surface area contributed by atoms with Gasteiger partial charge in [-0.15, -0.1) is 11.6 Å². The molecule has 0 aliphatic carbocycles. The summed E-state index contributed by atoms with van der Waals surface area (Å²) in [6.07, 6.45) is 1.02. The van der Waals surface area contributed by atoms with Gasteiger partial charge in [0.2, 0.25) is 5.91 Å². The number of amides is 1. The van der Waals surface area contributed by atoms with Crippen LogP contribution in [0.5, 0.6) is 11.5 Å². The van der Waals surface area contributed by atoms with Crippen LogP contribution in [-0.4, -0.2) is 31.0 Å². The molecule has 0 bridgehead atoms. The van der Waals surface area contributed by atoms with E-state index in [1.807, 2.05) is 18.2 Å². The molecule has 0 saturated heterocycles. The lowest BCUT2D eigenvalue weighted by Crippen LogP contribution is -2.10. The summed E-state index contributed by atoms with van der Waals surface area (Å²) in [5.74, 6) is 1.65. The summed E-state index contributed by atoms with van der Waals surface area (Å²) in [4.78, 5) is 16.2. The van der Waals surface area contributed by atoms with E-state index in [-0.39, 0.29) is 5.91 Å². The van der Waals surface area contributed by atoms with Crippen LogP contribution in [0.2, 0.25) is 0 Å². The number of halogens is 2. The number of benzene rings is 1. The molecule has 1 aromatic heterocycles. The normalized spacial score (nSPS) is 10.4. The number of methoxy groups -OCH3 is 2. The molecule has 0 aliphatic heterocycles. The number of thiazole rings is 1. The molecule has 1 N–H and O–H groups in total. The molecule has 2 aromatic rings. The minimum Gasteiger partial charge on any atom is -0.493 e. The van der Waals surface area contributed by atoms with Gasteiger partial charge in [0, 0.05) is 17.9 Å². The van der Waals surface area contributed by atoms with Crippen molar-refractivity contribution < 1.29 is 14.3 Å². The molecule has 1 heterocycles. The monoisotopic (exact) mass is 418 g/mol. The number of carbonyl (C=O) groups is 1. The summed E-state index contributed by atoms with van der Waals surface area (Å²) in [7, 11) is 3.17. The van der Waals surface area contributed by atoms with Crippen molar-refractivity contribution in [2.75, 3.05) is 25.4 Å². The average Bonchev–Trinajstić information content (AvgIpc) is 2.92. The second kappa shape index (κ2) is 8.52. The second-order valence-electron chi connectivity index (χ2n) is 4.55. The van der Waals surface area contributed by atoms with Crippen LogP contribution in [0.25, 0.3) is 11.3 Å². The first-order valence-corrected chi connectivity index (χ1v) is 8.98.